The highest BCUT2D eigenvalue weighted by Crippen LogP contribution is 2.32. The Balaban J connectivity index is 0.00000106. The van der Waals surface area contributed by atoms with Crippen molar-refractivity contribution in [2.24, 2.45) is 0 Å². The first-order valence-corrected chi connectivity index (χ1v) is 5.11. The molecule has 1 rings (SSSR count). The van der Waals surface area contributed by atoms with Crippen LogP contribution in [0.2, 0.25) is 0 Å². The van der Waals surface area contributed by atoms with Crippen LogP contribution in [0.4, 0.5) is 13.2 Å². The highest BCUT2D eigenvalue weighted by atomic mass is 19.4. The van der Waals surface area contributed by atoms with Crippen LogP contribution in [-0.2, 0) is 17.5 Å². The van der Waals surface area contributed by atoms with Crippen molar-refractivity contribution >= 4 is 0 Å². The summed E-state index contributed by atoms with van der Waals surface area (Å²) in [7, 11) is 1.45. The topological polar surface area (TPSA) is 9.23 Å². The molecule has 1 aromatic rings. The number of ether oxygens (including phenoxy) is 1. The first-order valence-electron chi connectivity index (χ1n) is 5.11. The average molecular weight is 234 g/mol. The summed E-state index contributed by atoms with van der Waals surface area (Å²) in [4.78, 5) is 0. The predicted molar refractivity (Wildman–Crippen MR) is 58.2 cm³/mol. The van der Waals surface area contributed by atoms with Crippen molar-refractivity contribution in [2.75, 3.05) is 7.11 Å². The third-order valence-electron chi connectivity index (χ3n) is 1.92. The Kier molecular flexibility index (Phi) is 6.11. The second-order valence-corrected chi connectivity index (χ2v) is 3.08. The van der Waals surface area contributed by atoms with Gasteiger partial charge >= 0.3 is 6.18 Å². The molecule has 0 N–H and O–H groups in total. The van der Waals surface area contributed by atoms with E-state index in [2.05, 4.69) is 0 Å². The molecule has 0 aromatic heterocycles. The third kappa shape index (κ3) is 4.23. The van der Waals surface area contributed by atoms with E-state index in [-0.39, 0.29) is 12.2 Å². The van der Waals surface area contributed by atoms with Crippen LogP contribution >= 0.6 is 0 Å². The van der Waals surface area contributed by atoms with Gasteiger partial charge < -0.3 is 4.74 Å². The minimum Gasteiger partial charge on any atom is -0.380 e. The van der Waals surface area contributed by atoms with Gasteiger partial charge in [0, 0.05) is 7.11 Å². The maximum absolute atomic E-state index is 12.4. The number of halogens is 3. The lowest BCUT2D eigenvalue weighted by Gasteiger charge is -2.11. The van der Waals surface area contributed by atoms with Crippen molar-refractivity contribution in [1.29, 1.82) is 0 Å². The monoisotopic (exact) mass is 234 g/mol. The molecule has 0 unspecified atom stereocenters. The zero-order valence-electron chi connectivity index (χ0n) is 9.98. The zero-order valence-corrected chi connectivity index (χ0v) is 9.98. The lowest BCUT2D eigenvalue weighted by atomic mass is 10.1. The van der Waals surface area contributed by atoms with Crippen molar-refractivity contribution in [3.8, 4) is 0 Å². The largest absolute Gasteiger partial charge is 0.416 e. The Bertz CT molecular complexity index is 319. The number of alkyl halides is 3. The fourth-order valence-corrected chi connectivity index (χ4v) is 1.23. The maximum atomic E-state index is 12.4. The fraction of sp³-hybridized carbons (Fsp3) is 0.500. The standard InChI is InChI=1S/C10H11F3O.C2H6/c1-7-3-4-8(6-14-2)5-9(7)10(11,12)13;1-2/h3-5H,6H2,1-2H3;1-2H3. The number of methoxy groups -OCH3 is 1. The van der Waals surface area contributed by atoms with Gasteiger partial charge in [0.05, 0.1) is 12.2 Å². The lowest BCUT2D eigenvalue weighted by molar-refractivity contribution is -0.138. The van der Waals surface area contributed by atoms with Gasteiger partial charge in [0.25, 0.3) is 0 Å². The van der Waals surface area contributed by atoms with Crippen LogP contribution in [0.3, 0.4) is 0 Å². The summed E-state index contributed by atoms with van der Waals surface area (Å²) >= 11 is 0. The van der Waals surface area contributed by atoms with E-state index in [1.165, 1.54) is 20.1 Å². The van der Waals surface area contributed by atoms with Crippen molar-refractivity contribution in [3.63, 3.8) is 0 Å². The second kappa shape index (κ2) is 6.53. The van der Waals surface area contributed by atoms with E-state index in [1.807, 2.05) is 13.8 Å². The van der Waals surface area contributed by atoms with E-state index in [0.29, 0.717) is 5.56 Å². The van der Waals surface area contributed by atoms with Crippen molar-refractivity contribution in [3.05, 3.63) is 34.9 Å². The van der Waals surface area contributed by atoms with Crippen LogP contribution in [-0.4, -0.2) is 7.11 Å². The average Bonchev–Trinajstić information content (AvgIpc) is 2.23. The number of rotatable bonds is 2. The smallest absolute Gasteiger partial charge is 0.380 e. The summed E-state index contributed by atoms with van der Waals surface area (Å²) in [5, 5.41) is 0. The molecule has 0 radical (unpaired) electrons. The Morgan fingerprint density at radius 1 is 1.19 bits per heavy atom. The summed E-state index contributed by atoms with van der Waals surface area (Å²) in [6.45, 7) is 5.64. The number of benzene rings is 1. The van der Waals surface area contributed by atoms with E-state index < -0.39 is 11.7 Å². The van der Waals surface area contributed by atoms with Crippen LogP contribution in [0.1, 0.15) is 30.5 Å². The minimum absolute atomic E-state index is 0.198. The van der Waals surface area contributed by atoms with Crippen molar-refractivity contribution < 1.29 is 17.9 Å². The van der Waals surface area contributed by atoms with E-state index in [9.17, 15) is 13.2 Å². The Morgan fingerprint density at radius 2 is 1.75 bits per heavy atom. The fourth-order valence-electron chi connectivity index (χ4n) is 1.23. The van der Waals surface area contributed by atoms with Gasteiger partial charge in [0.2, 0.25) is 0 Å². The summed E-state index contributed by atoms with van der Waals surface area (Å²) < 4.78 is 42.1. The van der Waals surface area contributed by atoms with Gasteiger partial charge in [-0.05, 0) is 24.1 Å². The summed E-state index contributed by atoms with van der Waals surface area (Å²) in [6.07, 6.45) is -4.28. The second-order valence-electron chi connectivity index (χ2n) is 3.08. The first kappa shape index (κ1) is 15.0. The van der Waals surface area contributed by atoms with Crippen molar-refractivity contribution in [2.45, 2.75) is 33.6 Å². The van der Waals surface area contributed by atoms with Gasteiger partial charge in [0.15, 0.2) is 0 Å². The predicted octanol–water partition coefficient (Wildman–Crippen LogP) is 4.19. The summed E-state index contributed by atoms with van der Waals surface area (Å²) in [5.41, 5.74) is 0.176. The molecule has 1 aromatic carbocycles. The molecule has 0 saturated carbocycles. The van der Waals surface area contributed by atoms with Gasteiger partial charge in [-0.15, -0.1) is 0 Å². The van der Waals surface area contributed by atoms with Gasteiger partial charge in [0.1, 0.15) is 0 Å². The van der Waals surface area contributed by atoms with Gasteiger partial charge in [-0.25, -0.2) is 0 Å². The maximum Gasteiger partial charge on any atom is 0.416 e. The van der Waals surface area contributed by atoms with Crippen LogP contribution in [0, 0.1) is 6.92 Å². The molecule has 1 nitrogen and oxygen atoms in total. The molecule has 0 bridgehead atoms. The van der Waals surface area contributed by atoms with E-state index in [0.717, 1.165) is 6.07 Å². The number of hydrogen-bond acceptors (Lipinski definition) is 1. The lowest BCUT2D eigenvalue weighted by Crippen LogP contribution is -2.08. The minimum atomic E-state index is -4.28. The molecule has 0 atom stereocenters. The van der Waals surface area contributed by atoms with Crippen molar-refractivity contribution in [1.82, 2.24) is 0 Å². The van der Waals surface area contributed by atoms with E-state index >= 15 is 0 Å². The Labute approximate surface area is 94.2 Å². The zero-order chi connectivity index (χ0) is 12.8. The van der Waals surface area contributed by atoms with Crippen LogP contribution in [0.15, 0.2) is 18.2 Å². The highest BCUT2D eigenvalue weighted by Gasteiger charge is 2.32. The summed E-state index contributed by atoms with van der Waals surface area (Å²) in [6, 6.07) is 4.21. The van der Waals surface area contributed by atoms with Gasteiger partial charge in [-0.3, -0.25) is 0 Å². The molecule has 0 fully saturated rings. The number of hydrogen-bond donors (Lipinski definition) is 0. The molecule has 0 aliphatic heterocycles. The summed E-state index contributed by atoms with van der Waals surface area (Å²) in [5.74, 6) is 0. The van der Waals surface area contributed by atoms with E-state index in [1.54, 1.807) is 6.07 Å². The van der Waals surface area contributed by atoms with Crippen LogP contribution in [0.5, 0.6) is 0 Å². The molecule has 0 heterocycles. The highest BCUT2D eigenvalue weighted by molar-refractivity contribution is 5.32. The first-order chi connectivity index (χ1) is 7.45. The normalized spacial score (nSPS) is 10.7. The molecule has 16 heavy (non-hydrogen) atoms. The van der Waals surface area contributed by atoms with E-state index in [4.69, 9.17) is 4.74 Å². The SMILES string of the molecule is CC.COCc1ccc(C)c(C(F)(F)F)c1. The van der Waals surface area contributed by atoms with Crippen LogP contribution in [0.25, 0.3) is 0 Å². The molecule has 0 amide bonds. The molecule has 4 heteroatoms. The van der Waals surface area contributed by atoms with Gasteiger partial charge in [-0.2, -0.15) is 13.2 Å². The Morgan fingerprint density at radius 3 is 2.19 bits per heavy atom. The molecule has 0 spiro atoms. The molecule has 0 aliphatic carbocycles. The molecule has 0 saturated heterocycles. The quantitative estimate of drug-likeness (QED) is 0.745. The molecular formula is C12H17F3O. The molecule has 0 aliphatic rings. The molecular weight excluding hydrogens is 217 g/mol. The van der Waals surface area contributed by atoms with Gasteiger partial charge in [-0.1, -0.05) is 26.0 Å². The Hall–Kier alpha value is -1.03. The molecule has 92 valence electrons. The number of aryl methyl sites for hydroxylation is 1. The third-order valence-corrected chi connectivity index (χ3v) is 1.92. The van der Waals surface area contributed by atoms with Crippen LogP contribution < -0.4 is 0 Å².